The zero-order valence-corrected chi connectivity index (χ0v) is 18.7. The maximum absolute atomic E-state index is 13.6. The number of nitrogens with two attached hydrogens (primary N) is 1. The first-order chi connectivity index (χ1) is 16.0. The van der Waals surface area contributed by atoms with Crippen LogP contribution in [0, 0.1) is 17.0 Å². The fraction of sp³-hybridized carbons (Fsp3) is 0.211. The van der Waals surface area contributed by atoms with Crippen LogP contribution in [-0.2, 0) is 14.1 Å². The fourth-order valence-corrected chi connectivity index (χ4v) is 4.61. The third kappa shape index (κ3) is 3.75. The van der Waals surface area contributed by atoms with Gasteiger partial charge in [-0.05, 0) is 18.6 Å². The molecule has 0 radical (unpaired) electrons. The molecule has 0 aromatic carbocycles. The van der Waals surface area contributed by atoms with Crippen LogP contribution in [0.1, 0.15) is 38.0 Å². The van der Waals surface area contributed by atoms with Crippen molar-refractivity contribution in [2.45, 2.75) is 13.3 Å². The first-order valence-corrected chi connectivity index (χ1v) is 10.3. The van der Waals surface area contributed by atoms with Crippen LogP contribution in [-0.4, -0.2) is 41.3 Å². The van der Waals surface area contributed by atoms with E-state index in [-0.39, 0.29) is 32.0 Å². The van der Waals surface area contributed by atoms with E-state index in [1.165, 1.54) is 11.7 Å². The fourth-order valence-electron chi connectivity index (χ4n) is 3.59. The molecule has 34 heavy (non-hydrogen) atoms. The summed E-state index contributed by atoms with van der Waals surface area (Å²) in [6, 6.07) is 1.15. The van der Waals surface area contributed by atoms with E-state index in [0.29, 0.717) is 11.3 Å². The molecule has 0 aliphatic heterocycles. The highest BCUT2D eigenvalue weighted by Gasteiger charge is 2.30. The molecule has 0 aliphatic rings. The topological polar surface area (TPSA) is 164 Å². The van der Waals surface area contributed by atoms with E-state index in [0.717, 1.165) is 28.3 Å². The number of thiophene rings is 1. The molecule has 0 spiro atoms. The molecule has 0 fully saturated rings. The van der Waals surface area contributed by atoms with Gasteiger partial charge in [-0.1, -0.05) is 0 Å². The molecular formula is C19H16F2N8O4S. The third-order valence-corrected chi connectivity index (χ3v) is 6.10. The number of primary amides is 1. The number of amides is 2. The number of halogens is 2. The molecule has 0 saturated heterocycles. The number of nitrogens with one attached hydrogen (secondary N) is 1. The zero-order chi connectivity index (χ0) is 24.9. The molecule has 0 saturated carbocycles. The summed E-state index contributed by atoms with van der Waals surface area (Å²) in [6.45, 7) is 1.67. The molecule has 4 heterocycles. The monoisotopic (exact) mass is 490 g/mol. The number of hydrogen-bond acceptors (Lipinski definition) is 8. The SMILES string of the molecule is Cc1nn(C)cc1-c1cc(C(F)F)nc2sc(C(N)=O)c(NC(=O)c3c([N+](=O)[O-])cnn3C)c12. The summed E-state index contributed by atoms with van der Waals surface area (Å²) in [5.74, 6) is -1.88. The van der Waals surface area contributed by atoms with Crippen molar-refractivity contribution in [2.24, 2.45) is 19.8 Å². The summed E-state index contributed by atoms with van der Waals surface area (Å²) >= 11 is 0.722. The largest absolute Gasteiger partial charge is 0.365 e. The highest BCUT2D eigenvalue weighted by atomic mass is 32.1. The van der Waals surface area contributed by atoms with Gasteiger partial charge in [0.25, 0.3) is 18.2 Å². The molecule has 0 unspecified atom stereocenters. The number of fused-ring (bicyclic) bond motifs is 1. The summed E-state index contributed by atoms with van der Waals surface area (Å²) in [5.41, 5.74) is 5.14. The van der Waals surface area contributed by atoms with E-state index in [2.05, 4.69) is 20.5 Å². The Labute approximate surface area is 193 Å². The lowest BCUT2D eigenvalue weighted by Crippen LogP contribution is -2.20. The van der Waals surface area contributed by atoms with E-state index < -0.39 is 34.5 Å². The zero-order valence-electron chi connectivity index (χ0n) is 17.9. The van der Waals surface area contributed by atoms with Crippen LogP contribution in [0.25, 0.3) is 21.3 Å². The minimum Gasteiger partial charge on any atom is -0.365 e. The van der Waals surface area contributed by atoms with Crippen molar-refractivity contribution < 1.29 is 23.3 Å². The van der Waals surface area contributed by atoms with Gasteiger partial charge in [0.15, 0.2) is 0 Å². The van der Waals surface area contributed by atoms with Gasteiger partial charge in [-0.25, -0.2) is 13.8 Å². The Bertz CT molecular complexity index is 1490. The first-order valence-electron chi connectivity index (χ1n) is 9.53. The second-order valence-electron chi connectivity index (χ2n) is 7.26. The van der Waals surface area contributed by atoms with Crippen molar-refractivity contribution in [3.63, 3.8) is 0 Å². The minimum atomic E-state index is -2.91. The van der Waals surface area contributed by atoms with Gasteiger partial charge in [-0.15, -0.1) is 11.3 Å². The smallest absolute Gasteiger partial charge is 0.320 e. The Kier molecular flexibility index (Phi) is 5.56. The number of carbonyl (C=O) groups excluding carboxylic acids is 2. The Morgan fingerprint density at radius 1 is 1.29 bits per heavy atom. The normalized spacial score (nSPS) is 11.4. The molecule has 4 rings (SSSR count). The van der Waals surface area contributed by atoms with Crippen molar-refractivity contribution in [1.29, 1.82) is 0 Å². The Hall–Kier alpha value is -4.27. The van der Waals surface area contributed by atoms with Crippen LogP contribution in [0.15, 0.2) is 18.5 Å². The Morgan fingerprint density at radius 3 is 2.56 bits per heavy atom. The molecule has 0 aliphatic carbocycles. The summed E-state index contributed by atoms with van der Waals surface area (Å²) in [5, 5.41) is 22.0. The van der Waals surface area contributed by atoms with Crippen LogP contribution in [0.2, 0.25) is 0 Å². The highest BCUT2D eigenvalue weighted by Crippen LogP contribution is 2.43. The highest BCUT2D eigenvalue weighted by molar-refractivity contribution is 7.21. The van der Waals surface area contributed by atoms with Gasteiger partial charge in [-0.3, -0.25) is 29.1 Å². The van der Waals surface area contributed by atoms with E-state index >= 15 is 0 Å². The van der Waals surface area contributed by atoms with Crippen molar-refractivity contribution >= 4 is 44.7 Å². The number of carbonyl (C=O) groups is 2. The number of aryl methyl sites for hydroxylation is 3. The second kappa shape index (κ2) is 8.26. The maximum atomic E-state index is 13.6. The molecule has 3 N–H and O–H groups in total. The van der Waals surface area contributed by atoms with Crippen LogP contribution in [0.5, 0.6) is 0 Å². The predicted octanol–water partition coefficient (Wildman–Crippen LogP) is 2.94. The van der Waals surface area contributed by atoms with Crippen LogP contribution in [0.4, 0.5) is 20.2 Å². The Morgan fingerprint density at radius 2 is 2.00 bits per heavy atom. The lowest BCUT2D eigenvalue weighted by molar-refractivity contribution is -0.385. The molecule has 12 nitrogen and oxygen atoms in total. The summed E-state index contributed by atoms with van der Waals surface area (Å²) < 4.78 is 29.7. The summed E-state index contributed by atoms with van der Waals surface area (Å²) in [4.78, 5) is 39.6. The van der Waals surface area contributed by atoms with Crippen LogP contribution < -0.4 is 11.1 Å². The number of nitro groups is 1. The van der Waals surface area contributed by atoms with Crippen LogP contribution in [0.3, 0.4) is 0 Å². The number of nitrogens with zero attached hydrogens (tertiary/aromatic N) is 6. The number of anilines is 1. The first kappa shape index (κ1) is 22.9. The predicted molar refractivity (Wildman–Crippen MR) is 118 cm³/mol. The van der Waals surface area contributed by atoms with E-state index in [1.807, 2.05) is 0 Å². The lowest BCUT2D eigenvalue weighted by atomic mass is 10.0. The van der Waals surface area contributed by atoms with Gasteiger partial charge in [0.1, 0.15) is 21.6 Å². The molecule has 4 aromatic rings. The Balaban J connectivity index is 2.00. The van der Waals surface area contributed by atoms with Crippen molar-refractivity contribution in [2.75, 3.05) is 5.32 Å². The molecular weight excluding hydrogens is 474 g/mol. The molecule has 0 atom stereocenters. The number of pyridine rings is 1. The van der Waals surface area contributed by atoms with Gasteiger partial charge in [0.2, 0.25) is 5.69 Å². The quantitative estimate of drug-likeness (QED) is 0.310. The number of rotatable bonds is 6. The third-order valence-electron chi connectivity index (χ3n) is 5.00. The van der Waals surface area contributed by atoms with E-state index in [1.54, 1.807) is 20.2 Å². The van der Waals surface area contributed by atoms with Crippen molar-refractivity contribution in [3.05, 3.63) is 50.5 Å². The lowest BCUT2D eigenvalue weighted by Gasteiger charge is -2.10. The van der Waals surface area contributed by atoms with E-state index in [4.69, 9.17) is 5.73 Å². The standard InChI is InChI=1S/C19H16F2N8O4S/c1-7-9(6-27(2)26-7)8-4-10(16(20)21)24-19-12(8)13(15(34-19)17(22)30)25-18(31)14-11(29(32)33)5-23-28(14)3/h4-6,16H,1-3H3,(H2,22,30)(H,25,31). The number of hydrogen-bond donors (Lipinski definition) is 2. The summed E-state index contributed by atoms with van der Waals surface area (Å²) in [6.07, 6.45) is -0.399. The average molecular weight is 490 g/mol. The van der Waals surface area contributed by atoms with Crippen molar-refractivity contribution in [3.8, 4) is 11.1 Å². The van der Waals surface area contributed by atoms with Gasteiger partial charge < -0.3 is 11.1 Å². The molecule has 4 aromatic heterocycles. The van der Waals surface area contributed by atoms with Gasteiger partial charge in [-0.2, -0.15) is 10.2 Å². The maximum Gasteiger partial charge on any atom is 0.320 e. The van der Waals surface area contributed by atoms with Gasteiger partial charge in [0, 0.05) is 31.2 Å². The number of alkyl halides is 2. The number of aromatic nitrogens is 5. The summed E-state index contributed by atoms with van der Waals surface area (Å²) in [7, 11) is 2.99. The average Bonchev–Trinajstić information content (AvgIpc) is 3.42. The molecule has 176 valence electrons. The molecule has 0 bridgehead atoms. The molecule has 2 amide bonds. The van der Waals surface area contributed by atoms with Crippen LogP contribution >= 0.6 is 11.3 Å². The minimum absolute atomic E-state index is 0.0275. The van der Waals surface area contributed by atoms with Gasteiger partial charge in [0.05, 0.1) is 16.3 Å². The van der Waals surface area contributed by atoms with E-state index in [9.17, 15) is 28.5 Å². The molecule has 15 heteroatoms. The van der Waals surface area contributed by atoms with Crippen molar-refractivity contribution in [1.82, 2.24) is 24.5 Å². The second-order valence-corrected chi connectivity index (χ2v) is 8.26. The van der Waals surface area contributed by atoms with Gasteiger partial charge >= 0.3 is 5.69 Å².